The summed E-state index contributed by atoms with van der Waals surface area (Å²) in [6.07, 6.45) is 1.28. The van der Waals surface area contributed by atoms with Gasteiger partial charge in [0, 0.05) is 30.7 Å². The van der Waals surface area contributed by atoms with Crippen LogP contribution in [0.5, 0.6) is 0 Å². The van der Waals surface area contributed by atoms with Crippen LogP contribution in [-0.2, 0) is 11.2 Å². The zero-order valence-electron chi connectivity index (χ0n) is 13.4. The third-order valence-corrected chi connectivity index (χ3v) is 4.39. The quantitative estimate of drug-likeness (QED) is 0.864. The van der Waals surface area contributed by atoms with Gasteiger partial charge in [-0.2, -0.15) is 0 Å². The van der Waals surface area contributed by atoms with Crippen molar-refractivity contribution >= 4 is 17.6 Å². The highest BCUT2D eigenvalue weighted by atomic mass is 16.2. The van der Waals surface area contributed by atoms with Crippen LogP contribution in [0.1, 0.15) is 32.8 Å². The third-order valence-electron chi connectivity index (χ3n) is 4.39. The fraction of sp³-hybridized carbons (Fsp3) is 0.529. The lowest BCUT2D eigenvalue weighted by molar-refractivity contribution is -0.131. The van der Waals surface area contributed by atoms with E-state index in [4.69, 9.17) is 0 Å². The van der Waals surface area contributed by atoms with E-state index in [9.17, 15) is 9.59 Å². The van der Waals surface area contributed by atoms with Crippen LogP contribution in [0.2, 0.25) is 0 Å². The van der Waals surface area contributed by atoms with Gasteiger partial charge in [-0.15, -0.1) is 0 Å². The van der Waals surface area contributed by atoms with Gasteiger partial charge in [0.2, 0.25) is 5.91 Å². The molecule has 0 aliphatic carbocycles. The molecule has 0 spiro atoms. The van der Waals surface area contributed by atoms with Crippen molar-refractivity contribution in [2.75, 3.05) is 18.0 Å². The monoisotopic (exact) mass is 301 g/mol. The largest absolute Gasteiger partial charge is 0.336 e. The molecule has 118 valence electrons. The predicted octanol–water partition coefficient (Wildman–Crippen LogP) is 2.16. The van der Waals surface area contributed by atoms with Gasteiger partial charge in [0.15, 0.2) is 0 Å². The van der Waals surface area contributed by atoms with Crippen molar-refractivity contribution in [2.45, 2.75) is 45.2 Å². The molecule has 3 rings (SSSR count). The first-order valence-corrected chi connectivity index (χ1v) is 7.82. The van der Waals surface area contributed by atoms with Gasteiger partial charge < -0.3 is 10.2 Å². The van der Waals surface area contributed by atoms with Crippen molar-refractivity contribution in [1.82, 2.24) is 10.2 Å². The van der Waals surface area contributed by atoms with E-state index in [0.29, 0.717) is 19.5 Å². The molecule has 0 bridgehead atoms. The Morgan fingerprint density at radius 1 is 1.27 bits per heavy atom. The molecule has 1 aromatic rings. The lowest BCUT2D eigenvalue weighted by atomic mass is 10.1. The van der Waals surface area contributed by atoms with Crippen LogP contribution in [0.3, 0.4) is 0 Å². The number of rotatable bonds is 1. The highest BCUT2D eigenvalue weighted by Gasteiger charge is 2.37. The number of likely N-dealkylation sites (tertiary alicyclic amines) is 1. The second kappa shape index (κ2) is 5.30. The lowest BCUT2D eigenvalue weighted by Gasteiger charge is -2.32. The van der Waals surface area contributed by atoms with Crippen molar-refractivity contribution < 1.29 is 9.59 Å². The molecule has 22 heavy (non-hydrogen) atoms. The summed E-state index contributed by atoms with van der Waals surface area (Å²) in [5.74, 6) is 0.111. The minimum Gasteiger partial charge on any atom is -0.336 e. The average molecular weight is 301 g/mol. The summed E-state index contributed by atoms with van der Waals surface area (Å²) in [6.45, 7) is 7.35. The van der Waals surface area contributed by atoms with E-state index in [2.05, 4.69) is 11.4 Å². The smallest absolute Gasteiger partial charge is 0.322 e. The van der Waals surface area contributed by atoms with E-state index >= 15 is 0 Å². The first-order valence-electron chi connectivity index (χ1n) is 7.82. The topological polar surface area (TPSA) is 52.7 Å². The zero-order valence-corrected chi connectivity index (χ0v) is 13.4. The molecule has 5 heteroatoms. The number of fused-ring (bicyclic) bond motifs is 1. The molecular weight excluding hydrogens is 278 g/mol. The van der Waals surface area contributed by atoms with E-state index in [-0.39, 0.29) is 23.5 Å². The van der Waals surface area contributed by atoms with Gasteiger partial charge in [0.05, 0.1) is 6.04 Å². The fourth-order valence-corrected chi connectivity index (χ4v) is 3.25. The predicted molar refractivity (Wildman–Crippen MR) is 85.9 cm³/mol. The number of carbonyl (C=O) groups is 2. The van der Waals surface area contributed by atoms with Gasteiger partial charge in [-0.25, -0.2) is 4.79 Å². The van der Waals surface area contributed by atoms with E-state index in [1.807, 2.05) is 43.9 Å². The molecule has 2 aliphatic heterocycles. The summed E-state index contributed by atoms with van der Waals surface area (Å²) >= 11 is 0. The maximum absolute atomic E-state index is 12.5. The van der Waals surface area contributed by atoms with E-state index < -0.39 is 0 Å². The first-order chi connectivity index (χ1) is 10.4. The number of nitrogens with zero attached hydrogens (tertiary/aromatic N) is 2. The molecule has 0 saturated carbocycles. The van der Waals surface area contributed by atoms with E-state index in [1.165, 1.54) is 5.56 Å². The molecule has 2 heterocycles. The minimum absolute atomic E-state index is 0.0986. The Bertz CT molecular complexity index is 606. The summed E-state index contributed by atoms with van der Waals surface area (Å²) in [5.41, 5.74) is 1.99. The van der Waals surface area contributed by atoms with Gasteiger partial charge in [-0.3, -0.25) is 9.69 Å². The van der Waals surface area contributed by atoms with Crippen molar-refractivity contribution in [2.24, 2.45) is 0 Å². The van der Waals surface area contributed by atoms with Crippen LogP contribution in [0.25, 0.3) is 0 Å². The van der Waals surface area contributed by atoms with Crippen LogP contribution in [0.15, 0.2) is 24.3 Å². The van der Waals surface area contributed by atoms with Crippen molar-refractivity contribution in [1.29, 1.82) is 0 Å². The second-order valence-corrected chi connectivity index (χ2v) is 7.06. The molecule has 1 saturated heterocycles. The van der Waals surface area contributed by atoms with E-state index in [1.54, 1.807) is 4.90 Å². The molecule has 1 fully saturated rings. The summed E-state index contributed by atoms with van der Waals surface area (Å²) < 4.78 is 0. The van der Waals surface area contributed by atoms with Crippen molar-refractivity contribution in [3.8, 4) is 0 Å². The Morgan fingerprint density at radius 2 is 2.00 bits per heavy atom. The highest BCUT2D eigenvalue weighted by molar-refractivity contribution is 5.95. The van der Waals surface area contributed by atoms with Crippen LogP contribution in [0.4, 0.5) is 10.5 Å². The van der Waals surface area contributed by atoms with Crippen LogP contribution >= 0.6 is 0 Å². The molecule has 3 amide bonds. The Hall–Kier alpha value is -2.04. The average Bonchev–Trinajstić information content (AvgIpc) is 3.01. The maximum atomic E-state index is 12.5. The van der Waals surface area contributed by atoms with Gasteiger partial charge >= 0.3 is 6.03 Å². The lowest BCUT2D eigenvalue weighted by Crippen LogP contribution is -2.47. The number of nitrogens with one attached hydrogen (secondary N) is 1. The van der Waals surface area contributed by atoms with Gasteiger partial charge in [-0.05, 0) is 38.8 Å². The van der Waals surface area contributed by atoms with Crippen LogP contribution in [0, 0.1) is 0 Å². The number of hydrogen-bond acceptors (Lipinski definition) is 2. The molecule has 1 N–H and O–H groups in total. The summed E-state index contributed by atoms with van der Waals surface area (Å²) in [4.78, 5) is 28.2. The standard InChI is InChI=1S/C17H23N3O2/c1-17(2,3)20-11-13(10-15(20)21)18-16(22)19-9-8-12-6-4-5-7-14(12)19/h4-7,13H,8-11H2,1-3H3,(H,18,22). The number of hydrogen-bond donors (Lipinski definition) is 1. The van der Waals surface area contributed by atoms with Crippen LogP contribution < -0.4 is 10.2 Å². The number of carbonyl (C=O) groups excluding carboxylic acids is 2. The Kier molecular flexibility index (Phi) is 3.59. The number of urea groups is 1. The number of para-hydroxylation sites is 1. The van der Waals surface area contributed by atoms with Crippen molar-refractivity contribution in [3.63, 3.8) is 0 Å². The van der Waals surface area contributed by atoms with Crippen LogP contribution in [-0.4, -0.2) is 41.5 Å². The Labute approximate surface area is 131 Å². The van der Waals surface area contributed by atoms with Gasteiger partial charge in [0.25, 0.3) is 0 Å². The molecule has 5 nitrogen and oxygen atoms in total. The first kappa shape index (κ1) is 14.9. The molecular formula is C17H23N3O2. The van der Waals surface area contributed by atoms with E-state index in [0.717, 1.165) is 12.1 Å². The highest BCUT2D eigenvalue weighted by Crippen LogP contribution is 2.28. The van der Waals surface area contributed by atoms with Gasteiger partial charge in [-0.1, -0.05) is 18.2 Å². The molecule has 1 atom stereocenters. The Balaban J connectivity index is 1.66. The zero-order chi connectivity index (χ0) is 15.9. The molecule has 1 aromatic carbocycles. The minimum atomic E-state index is -0.198. The van der Waals surface area contributed by atoms with Crippen molar-refractivity contribution in [3.05, 3.63) is 29.8 Å². The molecule has 1 unspecified atom stereocenters. The number of amides is 3. The molecule has 2 aliphatic rings. The van der Waals surface area contributed by atoms with Gasteiger partial charge in [0.1, 0.15) is 0 Å². The summed E-state index contributed by atoms with van der Waals surface area (Å²) in [7, 11) is 0. The molecule has 0 radical (unpaired) electrons. The summed E-state index contributed by atoms with van der Waals surface area (Å²) in [5, 5.41) is 3.02. The summed E-state index contributed by atoms with van der Waals surface area (Å²) in [6, 6.07) is 7.78. The number of anilines is 1. The fourth-order valence-electron chi connectivity index (χ4n) is 3.25. The SMILES string of the molecule is CC(C)(C)N1CC(NC(=O)N2CCc3ccccc32)CC1=O. The maximum Gasteiger partial charge on any atom is 0.322 e. The third kappa shape index (κ3) is 2.67. The Morgan fingerprint density at radius 3 is 2.68 bits per heavy atom. The number of benzene rings is 1. The second-order valence-electron chi connectivity index (χ2n) is 7.06. The molecule has 0 aromatic heterocycles. The normalized spacial score (nSPS) is 21.2.